The van der Waals surface area contributed by atoms with Crippen LogP contribution in [-0.2, 0) is 9.59 Å². The van der Waals surface area contributed by atoms with Gasteiger partial charge >= 0.3 is 0 Å². The predicted octanol–water partition coefficient (Wildman–Crippen LogP) is 2.03. The Morgan fingerprint density at radius 2 is 1.52 bits per heavy atom. The Morgan fingerprint density at radius 1 is 1.05 bits per heavy atom. The van der Waals surface area contributed by atoms with Gasteiger partial charge in [0.1, 0.15) is 0 Å². The van der Waals surface area contributed by atoms with Gasteiger partial charge in [-0.25, -0.2) is 0 Å². The van der Waals surface area contributed by atoms with Crippen molar-refractivity contribution in [1.82, 2.24) is 9.80 Å². The van der Waals surface area contributed by atoms with Gasteiger partial charge in [0.2, 0.25) is 11.8 Å². The monoisotopic (exact) mass is 321 g/mol. The van der Waals surface area contributed by atoms with Crippen LogP contribution in [-0.4, -0.2) is 54.3 Å². The van der Waals surface area contributed by atoms with Crippen molar-refractivity contribution in [2.45, 2.75) is 58.9 Å². The Morgan fingerprint density at radius 3 is 1.95 bits per heavy atom. The minimum Gasteiger partial charge on any atom is -0.343 e. The molecular formula is C15H32ClN3O2. The molecule has 0 heterocycles. The van der Waals surface area contributed by atoms with E-state index in [0.29, 0.717) is 25.8 Å². The third kappa shape index (κ3) is 8.94. The van der Waals surface area contributed by atoms with Gasteiger partial charge in [0, 0.05) is 45.6 Å². The average molecular weight is 322 g/mol. The fraction of sp³-hybridized carbons (Fsp3) is 0.867. The Balaban J connectivity index is 0. The van der Waals surface area contributed by atoms with Crippen molar-refractivity contribution in [2.24, 2.45) is 5.73 Å². The van der Waals surface area contributed by atoms with E-state index in [1.165, 1.54) is 0 Å². The SMILES string of the molecule is CCCN(CCC)C(=O)CCCC(=O)N(C)C(C)CN.Cl. The number of hydrogen-bond donors (Lipinski definition) is 1. The molecule has 0 saturated carbocycles. The number of carbonyl (C=O) groups is 2. The van der Waals surface area contributed by atoms with Crippen molar-refractivity contribution in [2.75, 3.05) is 26.7 Å². The largest absolute Gasteiger partial charge is 0.343 e. The second kappa shape index (κ2) is 12.9. The lowest BCUT2D eigenvalue weighted by atomic mass is 10.1. The highest BCUT2D eigenvalue weighted by Crippen LogP contribution is 2.06. The van der Waals surface area contributed by atoms with Crippen LogP contribution in [0.3, 0.4) is 0 Å². The molecule has 0 aliphatic carbocycles. The van der Waals surface area contributed by atoms with Gasteiger partial charge in [-0.15, -0.1) is 12.4 Å². The summed E-state index contributed by atoms with van der Waals surface area (Å²) in [5, 5.41) is 0. The van der Waals surface area contributed by atoms with Crippen molar-refractivity contribution in [3.8, 4) is 0 Å². The highest BCUT2D eigenvalue weighted by molar-refractivity contribution is 5.85. The summed E-state index contributed by atoms with van der Waals surface area (Å²) in [6, 6.07) is 0.0508. The first-order chi connectivity index (χ1) is 9.47. The van der Waals surface area contributed by atoms with E-state index in [0.717, 1.165) is 25.9 Å². The fourth-order valence-corrected chi connectivity index (χ4v) is 2.03. The molecular weight excluding hydrogens is 290 g/mol. The molecule has 0 rings (SSSR count). The number of nitrogens with zero attached hydrogens (tertiary/aromatic N) is 2. The molecule has 0 aromatic heterocycles. The van der Waals surface area contributed by atoms with Gasteiger partial charge in [0.15, 0.2) is 0 Å². The van der Waals surface area contributed by atoms with Crippen molar-refractivity contribution in [1.29, 1.82) is 0 Å². The molecule has 0 saturated heterocycles. The molecule has 2 amide bonds. The van der Waals surface area contributed by atoms with Gasteiger partial charge in [0.05, 0.1) is 0 Å². The van der Waals surface area contributed by atoms with Gasteiger partial charge in [-0.2, -0.15) is 0 Å². The average Bonchev–Trinajstić information content (AvgIpc) is 2.44. The quantitative estimate of drug-likeness (QED) is 0.669. The van der Waals surface area contributed by atoms with Crippen molar-refractivity contribution < 1.29 is 9.59 Å². The summed E-state index contributed by atoms with van der Waals surface area (Å²) >= 11 is 0. The van der Waals surface area contributed by atoms with Crippen LogP contribution >= 0.6 is 12.4 Å². The highest BCUT2D eigenvalue weighted by Gasteiger charge is 2.16. The maximum absolute atomic E-state index is 12.0. The first-order valence-electron chi connectivity index (χ1n) is 7.71. The zero-order valence-corrected chi connectivity index (χ0v) is 14.7. The van der Waals surface area contributed by atoms with Crippen LogP contribution in [0.4, 0.5) is 0 Å². The zero-order chi connectivity index (χ0) is 15.5. The first kappa shape index (κ1) is 22.5. The molecule has 1 unspecified atom stereocenters. The Labute approximate surface area is 135 Å². The molecule has 0 aromatic rings. The number of rotatable bonds is 10. The number of amides is 2. The molecule has 126 valence electrons. The van der Waals surface area contributed by atoms with Gasteiger partial charge in [-0.3, -0.25) is 9.59 Å². The van der Waals surface area contributed by atoms with Crippen LogP contribution in [0.25, 0.3) is 0 Å². The molecule has 0 aliphatic rings. The summed E-state index contributed by atoms with van der Waals surface area (Å²) in [6.07, 6.45) is 3.43. The van der Waals surface area contributed by atoms with E-state index >= 15 is 0 Å². The molecule has 6 heteroatoms. The maximum atomic E-state index is 12.0. The third-order valence-corrected chi connectivity index (χ3v) is 3.52. The summed E-state index contributed by atoms with van der Waals surface area (Å²) in [5.74, 6) is 0.226. The van der Waals surface area contributed by atoms with E-state index in [9.17, 15) is 9.59 Å². The van der Waals surface area contributed by atoms with Crippen LogP contribution in [0.5, 0.6) is 0 Å². The normalized spacial score (nSPS) is 11.5. The number of hydrogen-bond acceptors (Lipinski definition) is 3. The van der Waals surface area contributed by atoms with Gasteiger partial charge < -0.3 is 15.5 Å². The van der Waals surface area contributed by atoms with E-state index in [2.05, 4.69) is 13.8 Å². The minimum absolute atomic E-state index is 0. The van der Waals surface area contributed by atoms with E-state index in [1.54, 1.807) is 11.9 Å². The maximum Gasteiger partial charge on any atom is 0.222 e. The molecule has 0 radical (unpaired) electrons. The highest BCUT2D eigenvalue weighted by atomic mass is 35.5. The topological polar surface area (TPSA) is 66.6 Å². The molecule has 0 aliphatic heterocycles. The standard InChI is InChI=1S/C15H31N3O2.ClH/c1-5-10-18(11-6-2)15(20)9-7-8-14(19)17(4)13(3)12-16;/h13H,5-12,16H2,1-4H3;1H. The van der Waals surface area contributed by atoms with Crippen LogP contribution < -0.4 is 5.73 Å². The van der Waals surface area contributed by atoms with E-state index in [1.807, 2.05) is 11.8 Å². The Kier molecular flexibility index (Phi) is 13.8. The van der Waals surface area contributed by atoms with Gasteiger partial charge in [-0.05, 0) is 26.2 Å². The zero-order valence-electron chi connectivity index (χ0n) is 13.9. The second-order valence-corrected chi connectivity index (χ2v) is 5.32. The molecule has 2 N–H and O–H groups in total. The molecule has 21 heavy (non-hydrogen) atoms. The molecule has 0 aromatic carbocycles. The number of likely N-dealkylation sites (N-methyl/N-ethyl adjacent to an activating group) is 1. The lowest BCUT2D eigenvalue weighted by molar-refractivity contribution is -0.133. The van der Waals surface area contributed by atoms with Crippen molar-refractivity contribution in [3.05, 3.63) is 0 Å². The van der Waals surface area contributed by atoms with Gasteiger partial charge in [-0.1, -0.05) is 13.8 Å². The molecule has 5 nitrogen and oxygen atoms in total. The summed E-state index contributed by atoms with van der Waals surface area (Å²) in [4.78, 5) is 27.5. The Hall–Kier alpha value is -0.810. The smallest absolute Gasteiger partial charge is 0.222 e. The number of halogens is 1. The van der Waals surface area contributed by atoms with E-state index in [-0.39, 0.29) is 30.3 Å². The predicted molar refractivity (Wildman–Crippen MR) is 89.5 cm³/mol. The molecule has 1 atom stereocenters. The molecule has 0 bridgehead atoms. The van der Waals surface area contributed by atoms with Crippen LogP contribution in [0.1, 0.15) is 52.9 Å². The lowest BCUT2D eigenvalue weighted by Gasteiger charge is -2.24. The summed E-state index contributed by atoms with van der Waals surface area (Å²) in [6.45, 7) is 8.15. The first-order valence-corrected chi connectivity index (χ1v) is 7.71. The molecule has 0 spiro atoms. The lowest BCUT2D eigenvalue weighted by Crippen LogP contribution is -2.39. The van der Waals surface area contributed by atoms with E-state index < -0.39 is 0 Å². The molecule has 0 fully saturated rings. The minimum atomic E-state index is 0. The second-order valence-electron chi connectivity index (χ2n) is 5.32. The van der Waals surface area contributed by atoms with Crippen LogP contribution in [0.15, 0.2) is 0 Å². The van der Waals surface area contributed by atoms with Crippen molar-refractivity contribution in [3.63, 3.8) is 0 Å². The summed E-state index contributed by atoms with van der Waals surface area (Å²) in [5.41, 5.74) is 5.54. The summed E-state index contributed by atoms with van der Waals surface area (Å²) in [7, 11) is 1.77. The fourth-order valence-electron chi connectivity index (χ4n) is 2.03. The van der Waals surface area contributed by atoms with Gasteiger partial charge in [0.25, 0.3) is 0 Å². The number of carbonyl (C=O) groups excluding carboxylic acids is 2. The third-order valence-electron chi connectivity index (χ3n) is 3.52. The van der Waals surface area contributed by atoms with Crippen LogP contribution in [0.2, 0.25) is 0 Å². The van der Waals surface area contributed by atoms with E-state index in [4.69, 9.17) is 5.73 Å². The summed E-state index contributed by atoms with van der Waals surface area (Å²) < 4.78 is 0. The van der Waals surface area contributed by atoms with Crippen molar-refractivity contribution >= 4 is 24.2 Å². The van der Waals surface area contributed by atoms with Crippen LogP contribution in [0, 0.1) is 0 Å². The number of nitrogens with two attached hydrogens (primary N) is 1. The Bertz CT molecular complexity index is 295.